The first kappa shape index (κ1) is 39.4. The zero-order chi connectivity index (χ0) is 33.3. The summed E-state index contributed by atoms with van der Waals surface area (Å²) in [6.45, 7) is 1.13. The highest BCUT2D eigenvalue weighted by Crippen LogP contribution is 2.46. The van der Waals surface area contributed by atoms with E-state index in [1.165, 1.54) is 0 Å². The molecule has 3 aromatic heterocycles. The molecule has 0 unspecified atom stereocenters. The fourth-order valence-corrected chi connectivity index (χ4v) is 7.85. The molecule has 17 heteroatoms. The summed E-state index contributed by atoms with van der Waals surface area (Å²) >= 11 is 14.9. The Morgan fingerprint density at radius 3 is 1.16 bits per heavy atom. The van der Waals surface area contributed by atoms with Crippen LogP contribution in [0.2, 0.25) is 10.0 Å². The molecular weight excluding hydrogens is 861 g/mol. The van der Waals surface area contributed by atoms with Gasteiger partial charge in [-0.1, -0.05) is 71.7 Å². The van der Waals surface area contributed by atoms with Crippen LogP contribution in [0.4, 0.5) is 0 Å². The topological polar surface area (TPSA) is 149 Å². The van der Waals surface area contributed by atoms with Crippen LogP contribution < -0.4 is 43.1 Å². The molecule has 49 heavy (non-hydrogen) atoms. The van der Waals surface area contributed by atoms with E-state index in [1.54, 1.807) is 24.3 Å². The number of pyridine rings is 2. The van der Waals surface area contributed by atoms with Crippen LogP contribution >= 0.6 is 50.1 Å². The van der Waals surface area contributed by atoms with E-state index < -0.39 is 15.2 Å². The highest BCUT2D eigenvalue weighted by Gasteiger charge is 2.24. The van der Waals surface area contributed by atoms with Crippen molar-refractivity contribution in [2.45, 2.75) is 25.4 Å². The van der Waals surface area contributed by atoms with E-state index in [0.717, 1.165) is 34.0 Å². The minimum atomic E-state index is -4.12. The fraction of sp³-hybridized carbons (Fsp3) is 0.125. The molecule has 0 bridgehead atoms. The minimum absolute atomic E-state index is 0. The summed E-state index contributed by atoms with van der Waals surface area (Å²) in [5, 5.41) is 0.736. The zero-order valence-corrected chi connectivity index (χ0v) is 32.6. The summed E-state index contributed by atoms with van der Waals surface area (Å²) in [4.78, 5) is 36.8. The van der Waals surface area contributed by atoms with Crippen molar-refractivity contribution in [2.75, 3.05) is 0 Å². The van der Waals surface area contributed by atoms with E-state index >= 15 is 0 Å². The van der Waals surface area contributed by atoms with Gasteiger partial charge in [-0.2, -0.15) is 8.75 Å². The van der Waals surface area contributed by atoms with E-state index in [0.29, 0.717) is 56.4 Å². The Labute approximate surface area is 317 Å². The second-order valence-corrected chi connectivity index (χ2v) is 15.7. The number of halogens is 4. The van der Waals surface area contributed by atoms with Gasteiger partial charge in [0.15, 0.2) is 37.9 Å². The van der Waals surface area contributed by atoms with Crippen LogP contribution in [0, 0.1) is 0 Å². The zero-order valence-electron chi connectivity index (χ0n) is 25.3. The van der Waals surface area contributed by atoms with Crippen LogP contribution in [0.15, 0.2) is 97.6 Å². The van der Waals surface area contributed by atoms with Gasteiger partial charge < -0.3 is 53.5 Å². The first-order valence-corrected chi connectivity index (χ1v) is 19.3. The first-order valence-electron chi connectivity index (χ1n) is 14.2. The van der Waals surface area contributed by atoms with E-state index in [-0.39, 0.29) is 46.3 Å². The monoisotopic (exact) mass is 886 g/mol. The number of aromatic nitrogens is 4. The fourth-order valence-electron chi connectivity index (χ4n) is 5.33. The molecule has 0 aliphatic carbocycles. The molecule has 0 amide bonds. The Morgan fingerprint density at radius 1 is 0.551 bits per heavy atom. The Kier molecular flexibility index (Phi) is 13.1. The van der Waals surface area contributed by atoms with Crippen molar-refractivity contribution in [3.63, 3.8) is 0 Å². The van der Waals surface area contributed by atoms with Gasteiger partial charge in [0.1, 0.15) is 11.0 Å². The maximum atomic E-state index is 11.3. The van der Waals surface area contributed by atoms with Crippen LogP contribution in [0.1, 0.15) is 22.3 Å². The van der Waals surface area contributed by atoms with E-state index in [1.807, 2.05) is 82.5 Å². The Hall–Kier alpha value is -2.38. The van der Waals surface area contributed by atoms with Gasteiger partial charge in [-0.05, 0) is 22.3 Å². The molecule has 0 radical (unpaired) electrons. The number of hydrogen-bond donors (Lipinski definition) is 4. The van der Waals surface area contributed by atoms with Crippen LogP contribution in [-0.4, -0.2) is 28.3 Å². The number of benzene rings is 3. The van der Waals surface area contributed by atoms with Gasteiger partial charge in [-0.3, -0.25) is 9.13 Å². The van der Waals surface area contributed by atoms with E-state index in [4.69, 9.17) is 23.2 Å². The lowest BCUT2D eigenvalue weighted by atomic mass is 9.98. The molecule has 6 aromatic rings. The summed E-state index contributed by atoms with van der Waals surface area (Å²) in [6.07, 6.45) is 7.11. The molecule has 0 atom stereocenters. The van der Waals surface area contributed by atoms with Gasteiger partial charge in [-0.15, -0.1) is 0 Å². The third kappa shape index (κ3) is 9.90. The maximum Gasteiger partial charge on any atom is 0.329 e. The standard InChI is InChI=1S/C32H26Cl2N4O6P2S.2BrH/c33-29-27(25-9-13-37(14-10-25)17-21-1-5-23(6-2-21)19-45(39,40)41)31-32(36-47-35-31)28(30(29)34)26-11-15-38(16-12-26)18-22-3-7-24(8-4-22)20-46(42,43)44;;/h1-16H,17-20H2,(H2-2,39,40,41,42,43,44);2*1H. The predicted molar refractivity (Wildman–Crippen MR) is 181 cm³/mol. The number of hydrogen-bond acceptors (Lipinski definition) is 5. The average molecular weight is 889 g/mol. The summed E-state index contributed by atoms with van der Waals surface area (Å²) in [7, 11) is -8.24. The van der Waals surface area contributed by atoms with Gasteiger partial charge in [0.25, 0.3) is 0 Å². The average Bonchev–Trinajstić information content (AvgIpc) is 3.49. The van der Waals surface area contributed by atoms with Gasteiger partial charge in [-0.25, -0.2) is 9.13 Å². The second kappa shape index (κ2) is 16.3. The summed E-state index contributed by atoms with van der Waals surface area (Å²) in [5.74, 6) is 0. The first-order chi connectivity index (χ1) is 22.3. The molecule has 0 saturated carbocycles. The summed E-state index contributed by atoms with van der Waals surface area (Å²) < 4.78 is 35.7. The molecule has 3 heterocycles. The lowest BCUT2D eigenvalue weighted by Gasteiger charge is -2.12. The van der Waals surface area contributed by atoms with Crippen molar-refractivity contribution >= 4 is 61.2 Å². The van der Waals surface area contributed by atoms with Gasteiger partial charge >= 0.3 is 15.2 Å². The SMILES string of the molecule is O=P(O)(O)Cc1ccc(C[n+]2ccc(-c3c(Cl)c(Cl)c(-c4cc[n+](Cc5ccc(CP(=O)(O)O)cc5)cc4)c4nsnc34)cc2)cc1.[Br-].[Br-]. The lowest BCUT2D eigenvalue weighted by molar-refractivity contribution is -0.688. The van der Waals surface area contributed by atoms with Crippen LogP contribution in [0.5, 0.6) is 0 Å². The predicted octanol–water partition coefficient (Wildman–Crippen LogP) is 0.367. The van der Waals surface area contributed by atoms with Crippen molar-refractivity contribution in [1.82, 2.24) is 8.75 Å². The molecule has 3 aromatic carbocycles. The molecule has 0 aliphatic rings. The van der Waals surface area contributed by atoms with Gasteiger partial charge in [0.2, 0.25) is 0 Å². The molecular formula is C32H28Br2Cl2N4O6P2S. The number of fused-ring (bicyclic) bond motifs is 1. The quantitative estimate of drug-likeness (QED) is 0.114. The Morgan fingerprint density at radius 2 is 0.857 bits per heavy atom. The maximum absolute atomic E-state index is 11.3. The summed E-state index contributed by atoms with van der Waals surface area (Å²) in [5.41, 5.74) is 7.44. The number of rotatable bonds is 10. The Bertz CT molecular complexity index is 2010. The van der Waals surface area contributed by atoms with Gasteiger partial charge in [0, 0.05) is 46.5 Å². The Balaban J connectivity index is 0.00000270. The molecule has 6 rings (SSSR count). The second-order valence-electron chi connectivity index (χ2n) is 11.1. The number of nitrogens with zero attached hydrogens (tertiary/aromatic N) is 4. The van der Waals surface area contributed by atoms with Crippen LogP contribution in [0.3, 0.4) is 0 Å². The third-order valence-electron chi connectivity index (χ3n) is 7.51. The molecule has 0 fully saturated rings. The molecule has 0 aliphatic heterocycles. The van der Waals surface area contributed by atoms with Crippen molar-refractivity contribution < 1.29 is 71.8 Å². The largest absolute Gasteiger partial charge is 1.00 e. The highest BCUT2D eigenvalue weighted by atomic mass is 79.9. The molecule has 256 valence electrons. The summed E-state index contributed by atoms with van der Waals surface area (Å²) in [6, 6.07) is 22.0. The molecule has 4 N–H and O–H groups in total. The molecule has 0 spiro atoms. The highest BCUT2D eigenvalue weighted by molar-refractivity contribution is 7.51. The lowest BCUT2D eigenvalue weighted by Crippen LogP contribution is -3.00. The van der Waals surface area contributed by atoms with Crippen LogP contribution in [0.25, 0.3) is 33.3 Å². The van der Waals surface area contributed by atoms with Crippen molar-refractivity contribution in [3.8, 4) is 22.3 Å². The van der Waals surface area contributed by atoms with Crippen LogP contribution in [-0.2, 0) is 34.5 Å². The van der Waals surface area contributed by atoms with Crippen molar-refractivity contribution in [3.05, 3.63) is 130 Å². The van der Waals surface area contributed by atoms with Crippen molar-refractivity contribution in [1.29, 1.82) is 0 Å². The molecule has 10 nitrogen and oxygen atoms in total. The minimum Gasteiger partial charge on any atom is -1.00 e. The normalized spacial score (nSPS) is 11.6. The smallest absolute Gasteiger partial charge is 0.329 e. The van der Waals surface area contributed by atoms with E-state index in [2.05, 4.69) is 8.75 Å². The van der Waals surface area contributed by atoms with Gasteiger partial charge in [0.05, 0.1) is 34.1 Å². The van der Waals surface area contributed by atoms with E-state index in [9.17, 15) is 28.7 Å². The van der Waals surface area contributed by atoms with Crippen molar-refractivity contribution in [2.24, 2.45) is 0 Å². The molecule has 0 saturated heterocycles. The third-order valence-corrected chi connectivity index (χ3v) is 10.4.